The van der Waals surface area contributed by atoms with Gasteiger partial charge in [-0.05, 0) is 54.8 Å². The van der Waals surface area contributed by atoms with Gasteiger partial charge in [-0.15, -0.1) is 0 Å². The first-order valence-corrected chi connectivity index (χ1v) is 8.25. The molecule has 0 aromatic rings. The first kappa shape index (κ1) is 11.8. The Morgan fingerprint density at radius 2 is 2.12 bits per heavy atom. The van der Waals surface area contributed by atoms with Crippen molar-refractivity contribution >= 4 is 22.6 Å². The number of hydrogen-bond donors (Lipinski definition) is 1. The zero-order chi connectivity index (χ0) is 11.5. The lowest BCUT2D eigenvalue weighted by atomic mass is 9.62. The van der Waals surface area contributed by atoms with Crippen LogP contribution in [0.15, 0.2) is 0 Å². The Morgan fingerprint density at radius 3 is 2.56 bits per heavy atom. The van der Waals surface area contributed by atoms with E-state index in [0.717, 1.165) is 27.6 Å². The molecule has 1 nitrogen and oxygen atoms in total. The van der Waals surface area contributed by atoms with Gasteiger partial charge in [0.05, 0.1) is 0 Å². The van der Waals surface area contributed by atoms with Gasteiger partial charge in [0.1, 0.15) is 0 Å². The van der Waals surface area contributed by atoms with Crippen LogP contribution < -0.4 is 5.73 Å². The Hall–Kier alpha value is 0.690. The summed E-state index contributed by atoms with van der Waals surface area (Å²) in [7, 11) is 0. The number of halogens is 1. The van der Waals surface area contributed by atoms with Gasteiger partial charge in [-0.2, -0.15) is 0 Å². The molecule has 0 saturated heterocycles. The second kappa shape index (κ2) is 3.84. The highest BCUT2D eigenvalue weighted by atomic mass is 127. The molecule has 92 valence electrons. The molecule has 0 bridgehead atoms. The molecule has 0 aromatic heterocycles. The number of rotatable bonds is 1. The van der Waals surface area contributed by atoms with Crippen molar-refractivity contribution in [2.45, 2.75) is 55.9 Å². The smallest absolute Gasteiger partial charge is 0.0215 e. The molecule has 2 N–H and O–H groups in total. The third-order valence-electron chi connectivity index (χ3n) is 6.18. The van der Waals surface area contributed by atoms with Crippen molar-refractivity contribution in [2.75, 3.05) is 0 Å². The highest BCUT2D eigenvalue weighted by molar-refractivity contribution is 14.1. The number of nitrogens with two attached hydrogens (primary N) is 1. The van der Waals surface area contributed by atoms with Crippen molar-refractivity contribution in [3.63, 3.8) is 0 Å². The van der Waals surface area contributed by atoms with Crippen molar-refractivity contribution in [2.24, 2.45) is 34.8 Å². The van der Waals surface area contributed by atoms with Gasteiger partial charge >= 0.3 is 0 Å². The molecular formula is C14H24IN. The molecule has 16 heavy (non-hydrogen) atoms. The van der Waals surface area contributed by atoms with Gasteiger partial charge in [0.15, 0.2) is 0 Å². The monoisotopic (exact) mass is 333 g/mol. The molecular weight excluding hydrogens is 309 g/mol. The van der Waals surface area contributed by atoms with Crippen molar-refractivity contribution in [1.29, 1.82) is 0 Å². The van der Waals surface area contributed by atoms with Crippen LogP contribution in [0, 0.1) is 29.1 Å². The summed E-state index contributed by atoms with van der Waals surface area (Å²) < 4.78 is 0.843. The molecule has 3 aliphatic carbocycles. The topological polar surface area (TPSA) is 26.0 Å². The summed E-state index contributed by atoms with van der Waals surface area (Å²) in [6, 6.07) is 0.480. The number of alkyl halides is 1. The molecule has 3 fully saturated rings. The van der Waals surface area contributed by atoms with Crippen LogP contribution in [0.25, 0.3) is 0 Å². The van der Waals surface area contributed by atoms with Gasteiger partial charge in [-0.1, -0.05) is 42.9 Å². The predicted octanol–water partition coefficient (Wildman–Crippen LogP) is 3.60. The lowest BCUT2D eigenvalue weighted by Gasteiger charge is -2.45. The summed E-state index contributed by atoms with van der Waals surface area (Å²) in [6.45, 7) is 4.84. The van der Waals surface area contributed by atoms with Crippen molar-refractivity contribution < 1.29 is 0 Å². The van der Waals surface area contributed by atoms with E-state index in [9.17, 15) is 0 Å². The Bertz CT molecular complexity index is 292. The molecule has 5 unspecified atom stereocenters. The molecule has 0 heterocycles. The second-order valence-electron chi connectivity index (χ2n) is 6.53. The van der Waals surface area contributed by atoms with Crippen LogP contribution >= 0.6 is 22.6 Å². The standard InChI is InChI=1S/C14H24IN/c1-3-10-12(16)7-14(13(10)15)8(2)6-9-4-5-11(9)14/h8-13H,3-7,16H2,1-2H3/t8-,9?,10?,11?,12?,13+,14?/m1/s1. The summed E-state index contributed by atoms with van der Waals surface area (Å²) in [5.41, 5.74) is 7.05. The molecule has 7 atom stereocenters. The first-order valence-electron chi connectivity index (χ1n) is 7.01. The Balaban J connectivity index is 1.93. The molecule has 0 amide bonds. The van der Waals surface area contributed by atoms with Crippen LogP contribution in [0.2, 0.25) is 0 Å². The number of hydrogen-bond acceptors (Lipinski definition) is 1. The largest absolute Gasteiger partial charge is 0.327 e. The van der Waals surface area contributed by atoms with Crippen molar-refractivity contribution in [3.05, 3.63) is 0 Å². The van der Waals surface area contributed by atoms with Gasteiger partial charge in [0.25, 0.3) is 0 Å². The minimum Gasteiger partial charge on any atom is -0.327 e. The molecule has 0 aliphatic heterocycles. The van der Waals surface area contributed by atoms with Gasteiger partial charge in [-0.3, -0.25) is 0 Å². The molecule has 1 spiro atoms. The normalized spacial score (nSPS) is 60.0. The molecule has 3 aliphatic rings. The fourth-order valence-electron chi connectivity index (χ4n) is 5.22. The van der Waals surface area contributed by atoms with Crippen LogP contribution in [0.4, 0.5) is 0 Å². The van der Waals surface area contributed by atoms with Crippen LogP contribution in [0.1, 0.15) is 46.0 Å². The van der Waals surface area contributed by atoms with Gasteiger partial charge in [-0.25, -0.2) is 0 Å². The van der Waals surface area contributed by atoms with Gasteiger partial charge in [0, 0.05) is 9.97 Å². The van der Waals surface area contributed by atoms with E-state index in [2.05, 4.69) is 36.4 Å². The van der Waals surface area contributed by atoms with E-state index < -0.39 is 0 Å². The fourth-order valence-corrected chi connectivity index (χ4v) is 7.60. The minimum absolute atomic E-state index is 0.480. The third kappa shape index (κ3) is 1.26. The van der Waals surface area contributed by atoms with Crippen molar-refractivity contribution in [3.8, 4) is 0 Å². The molecule has 0 aromatic carbocycles. The van der Waals surface area contributed by atoms with Gasteiger partial charge < -0.3 is 5.73 Å². The van der Waals surface area contributed by atoms with Crippen LogP contribution in [-0.4, -0.2) is 9.97 Å². The summed E-state index contributed by atoms with van der Waals surface area (Å²) in [6.07, 6.45) is 7.10. The van der Waals surface area contributed by atoms with Crippen molar-refractivity contribution in [1.82, 2.24) is 0 Å². The SMILES string of the molecule is CCC1C(N)CC2(C3CCC3C[C@H]2C)[C@H]1I. The lowest BCUT2D eigenvalue weighted by molar-refractivity contribution is 0.0747. The van der Waals surface area contributed by atoms with E-state index in [1.165, 1.54) is 32.1 Å². The summed E-state index contributed by atoms with van der Waals surface area (Å²) in [5.74, 6) is 3.80. The lowest BCUT2D eigenvalue weighted by Crippen LogP contribution is -2.41. The predicted molar refractivity (Wildman–Crippen MR) is 76.6 cm³/mol. The average Bonchev–Trinajstić information content (AvgIpc) is 2.55. The first-order chi connectivity index (χ1) is 7.61. The Labute approximate surface area is 113 Å². The molecule has 3 saturated carbocycles. The molecule has 3 rings (SSSR count). The Kier molecular flexibility index (Phi) is 2.82. The zero-order valence-electron chi connectivity index (χ0n) is 10.5. The third-order valence-corrected chi connectivity index (χ3v) is 8.26. The van der Waals surface area contributed by atoms with Crippen LogP contribution in [0.3, 0.4) is 0 Å². The van der Waals surface area contributed by atoms with E-state index in [1.807, 2.05) is 0 Å². The summed E-state index contributed by atoms with van der Waals surface area (Å²) in [5, 5.41) is 0. The summed E-state index contributed by atoms with van der Waals surface area (Å²) >= 11 is 2.76. The Morgan fingerprint density at radius 1 is 1.38 bits per heavy atom. The van der Waals surface area contributed by atoms with Gasteiger partial charge in [0.2, 0.25) is 0 Å². The maximum atomic E-state index is 6.42. The highest BCUT2D eigenvalue weighted by Gasteiger charge is 2.64. The van der Waals surface area contributed by atoms with E-state index in [1.54, 1.807) is 0 Å². The van der Waals surface area contributed by atoms with Crippen LogP contribution in [0.5, 0.6) is 0 Å². The highest BCUT2D eigenvalue weighted by Crippen LogP contribution is 2.68. The molecule has 2 heteroatoms. The van der Waals surface area contributed by atoms with E-state index in [4.69, 9.17) is 5.73 Å². The van der Waals surface area contributed by atoms with E-state index in [-0.39, 0.29) is 0 Å². The second-order valence-corrected chi connectivity index (χ2v) is 7.88. The average molecular weight is 333 g/mol. The zero-order valence-corrected chi connectivity index (χ0v) is 12.6. The molecule has 0 radical (unpaired) electrons. The van der Waals surface area contributed by atoms with E-state index in [0.29, 0.717) is 11.5 Å². The maximum absolute atomic E-state index is 6.42. The fraction of sp³-hybridized carbons (Fsp3) is 1.00. The van der Waals surface area contributed by atoms with E-state index >= 15 is 0 Å². The summed E-state index contributed by atoms with van der Waals surface area (Å²) in [4.78, 5) is 0. The van der Waals surface area contributed by atoms with Crippen LogP contribution in [-0.2, 0) is 0 Å². The maximum Gasteiger partial charge on any atom is 0.0215 e. The quantitative estimate of drug-likeness (QED) is 0.576. The minimum atomic E-state index is 0.480. The number of fused-ring (bicyclic) bond motifs is 2.